The Morgan fingerprint density at radius 2 is 2.05 bits per heavy atom. The average Bonchev–Trinajstić information content (AvgIpc) is 2.50. The first-order valence-electron chi connectivity index (χ1n) is 6.14. The van der Waals surface area contributed by atoms with Crippen molar-refractivity contribution in [2.45, 2.75) is 6.54 Å². The Bertz CT molecular complexity index is 762. The first-order chi connectivity index (χ1) is 10.1. The molecule has 0 aliphatic heterocycles. The normalized spacial score (nSPS) is 9.90. The number of hydrogen-bond donors (Lipinski definition) is 0. The standard InChI is InChI=1S/C15H11BrN2O3/c16-12-5-6-14(19)18(10-12)7-8-21-15(20)13-4-2-1-3-11(13)9-17/h1-6,10H,7-8H2. The average molecular weight is 347 g/mol. The van der Waals surface area contributed by atoms with Crippen LogP contribution in [0.2, 0.25) is 0 Å². The molecule has 0 atom stereocenters. The molecule has 0 spiro atoms. The van der Waals surface area contributed by atoms with Gasteiger partial charge in [-0.15, -0.1) is 0 Å². The molecule has 1 heterocycles. The molecule has 0 unspecified atom stereocenters. The van der Waals surface area contributed by atoms with Gasteiger partial charge in [-0.3, -0.25) is 4.79 Å². The molecule has 0 saturated carbocycles. The van der Waals surface area contributed by atoms with Crippen LogP contribution in [0.3, 0.4) is 0 Å². The zero-order chi connectivity index (χ0) is 15.2. The number of halogens is 1. The Labute approximate surface area is 129 Å². The second-order valence-corrected chi connectivity index (χ2v) is 5.09. The summed E-state index contributed by atoms with van der Waals surface area (Å²) in [4.78, 5) is 23.5. The van der Waals surface area contributed by atoms with E-state index in [-0.39, 0.29) is 29.8 Å². The molecule has 0 bridgehead atoms. The van der Waals surface area contributed by atoms with Crippen molar-refractivity contribution >= 4 is 21.9 Å². The van der Waals surface area contributed by atoms with Gasteiger partial charge in [-0.25, -0.2) is 4.79 Å². The lowest BCUT2D eigenvalue weighted by atomic mass is 10.1. The van der Waals surface area contributed by atoms with E-state index in [0.29, 0.717) is 0 Å². The SMILES string of the molecule is N#Cc1ccccc1C(=O)OCCn1cc(Br)ccc1=O. The highest BCUT2D eigenvalue weighted by Crippen LogP contribution is 2.09. The highest BCUT2D eigenvalue weighted by molar-refractivity contribution is 9.10. The predicted octanol–water partition coefficient (Wildman–Crippen LogP) is 2.34. The summed E-state index contributed by atoms with van der Waals surface area (Å²) in [6.45, 7) is 0.299. The molecule has 21 heavy (non-hydrogen) atoms. The van der Waals surface area contributed by atoms with Gasteiger partial charge in [-0.1, -0.05) is 12.1 Å². The van der Waals surface area contributed by atoms with E-state index in [9.17, 15) is 9.59 Å². The van der Waals surface area contributed by atoms with Gasteiger partial charge in [-0.05, 0) is 34.1 Å². The third-order valence-electron chi connectivity index (χ3n) is 2.78. The van der Waals surface area contributed by atoms with E-state index in [1.54, 1.807) is 30.5 Å². The molecule has 0 fully saturated rings. The van der Waals surface area contributed by atoms with E-state index in [0.717, 1.165) is 4.47 Å². The lowest BCUT2D eigenvalue weighted by Crippen LogP contribution is -2.22. The fraction of sp³-hybridized carbons (Fsp3) is 0.133. The minimum Gasteiger partial charge on any atom is -0.460 e. The molecule has 0 aliphatic carbocycles. The van der Waals surface area contributed by atoms with Gasteiger partial charge in [0.25, 0.3) is 5.56 Å². The van der Waals surface area contributed by atoms with E-state index in [1.807, 2.05) is 6.07 Å². The largest absolute Gasteiger partial charge is 0.460 e. The molecule has 2 aromatic rings. The maximum absolute atomic E-state index is 11.9. The van der Waals surface area contributed by atoms with Crippen LogP contribution in [0.4, 0.5) is 0 Å². The van der Waals surface area contributed by atoms with Crippen molar-refractivity contribution in [2.24, 2.45) is 0 Å². The number of benzene rings is 1. The number of aromatic nitrogens is 1. The topological polar surface area (TPSA) is 72.1 Å². The van der Waals surface area contributed by atoms with E-state index < -0.39 is 5.97 Å². The van der Waals surface area contributed by atoms with Gasteiger partial charge < -0.3 is 9.30 Å². The minimum atomic E-state index is -0.574. The monoisotopic (exact) mass is 346 g/mol. The molecule has 0 amide bonds. The molecule has 0 saturated heterocycles. The van der Waals surface area contributed by atoms with Gasteiger partial charge in [0, 0.05) is 16.7 Å². The lowest BCUT2D eigenvalue weighted by molar-refractivity contribution is 0.0490. The minimum absolute atomic E-state index is 0.0506. The molecule has 2 rings (SSSR count). The molecule has 5 nitrogen and oxygen atoms in total. The molecule has 1 aromatic heterocycles. The molecular formula is C15H11BrN2O3. The van der Waals surface area contributed by atoms with Crippen LogP contribution in [0.5, 0.6) is 0 Å². The fourth-order valence-electron chi connectivity index (χ4n) is 1.75. The number of ether oxygens (including phenoxy) is 1. The summed E-state index contributed by atoms with van der Waals surface area (Å²) in [5.41, 5.74) is 0.315. The van der Waals surface area contributed by atoms with Gasteiger partial charge in [0.05, 0.1) is 17.7 Å². The van der Waals surface area contributed by atoms with Gasteiger partial charge in [0.15, 0.2) is 0 Å². The summed E-state index contributed by atoms with van der Waals surface area (Å²) >= 11 is 3.27. The van der Waals surface area contributed by atoms with Crippen LogP contribution >= 0.6 is 15.9 Å². The van der Waals surface area contributed by atoms with E-state index in [4.69, 9.17) is 10.00 Å². The lowest BCUT2D eigenvalue weighted by Gasteiger charge is -2.08. The van der Waals surface area contributed by atoms with E-state index in [1.165, 1.54) is 16.7 Å². The Morgan fingerprint density at radius 3 is 2.81 bits per heavy atom. The van der Waals surface area contributed by atoms with E-state index in [2.05, 4.69) is 15.9 Å². The Kier molecular flexibility index (Phi) is 4.90. The van der Waals surface area contributed by atoms with Crippen LogP contribution in [-0.2, 0) is 11.3 Å². The number of esters is 1. The quantitative estimate of drug-likeness (QED) is 0.796. The van der Waals surface area contributed by atoms with Crippen LogP contribution in [0.15, 0.2) is 51.9 Å². The summed E-state index contributed by atoms with van der Waals surface area (Å²) in [7, 11) is 0. The highest BCUT2D eigenvalue weighted by atomic mass is 79.9. The third-order valence-corrected chi connectivity index (χ3v) is 3.25. The van der Waals surface area contributed by atoms with Gasteiger partial charge in [0.1, 0.15) is 12.7 Å². The summed E-state index contributed by atoms with van der Waals surface area (Å²) < 4.78 is 7.31. The Balaban J connectivity index is 2.01. The van der Waals surface area contributed by atoms with Crippen molar-refractivity contribution in [3.63, 3.8) is 0 Å². The Hall–Kier alpha value is -2.39. The molecule has 106 valence electrons. The zero-order valence-electron chi connectivity index (χ0n) is 11.0. The highest BCUT2D eigenvalue weighted by Gasteiger charge is 2.11. The van der Waals surface area contributed by atoms with Crippen LogP contribution in [0, 0.1) is 11.3 Å². The van der Waals surface area contributed by atoms with Crippen molar-refractivity contribution in [3.05, 3.63) is 68.5 Å². The molecule has 0 N–H and O–H groups in total. The first kappa shape index (κ1) is 15.0. The molecule has 0 aliphatic rings. The number of hydrogen-bond acceptors (Lipinski definition) is 4. The number of pyridine rings is 1. The second kappa shape index (κ2) is 6.86. The van der Waals surface area contributed by atoms with Crippen molar-refractivity contribution in [3.8, 4) is 6.07 Å². The molecule has 0 radical (unpaired) electrons. The fourth-order valence-corrected chi connectivity index (χ4v) is 2.13. The van der Waals surface area contributed by atoms with Crippen molar-refractivity contribution < 1.29 is 9.53 Å². The van der Waals surface area contributed by atoms with Gasteiger partial charge in [-0.2, -0.15) is 5.26 Å². The molecule has 6 heteroatoms. The summed E-state index contributed by atoms with van der Waals surface area (Å²) in [6, 6.07) is 11.4. The number of carbonyl (C=O) groups is 1. The smallest absolute Gasteiger partial charge is 0.339 e. The van der Waals surface area contributed by atoms with Crippen LogP contribution < -0.4 is 5.56 Å². The van der Waals surface area contributed by atoms with Crippen LogP contribution in [0.25, 0.3) is 0 Å². The van der Waals surface area contributed by atoms with E-state index >= 15 is 0 Å². The summed E-state index contributed by atoms with van der Waals surface area (Å²) in [6.07, 6.45) is 1.62. The number of nitrogens with zero attached hydrogens (tertiary/aromatic N) is 2. The van der Waals surface area contributed by atoms with Crippen molar-refractivity contribution in [1.82, 2.24) is 4.57 Å². The zero-order valence-corrected chi connectivity index (χ0v) is 12.5. The number of carbonyl (C=O) groups excluding carboxylic acids is 1. The molecular weight excluding hydrogens is 336 g/mol. The molecule has 1 aromatic carbocycles. The van der Waals surface area contributed by atoms with Gasteiger partial charge >= 0.3 is 5.97 Å². The third kappa shape index (κ3) is 3.80. The predicted molar refractivity (Wildman–Crippen MR) is 79.8 cm³/mol. The number of nitriles is 1. The van der Waals surface area contributed by atoms with Crippen LogP contribution in [-0.4, -0.2) is 17.1 Å². The maximum Gasteiger partial charge on any atom is 0.339 e. The maximum atomic E-state index is 11.9. The van der Waals surface area contributed by atoms with Gasteiger partial charge in [0.2, 0.25) is 0 Å². The first-order valence-corrected chi connectivity index (χ1v) is 6.93. The van der Waals surface area contributed by atoms with Crippen LogP contribution in [0.1, 0.15) is 15.9 Å². The summed E-state index contributed by atoms with van der Waals surface area (Å²) in [5, 5.41) is 8.93. The van der Waals surface area contributed by atoms with Crippen molar-refractivity contribution in [2.75, 3.05) is 6.61 Å². The Morgan fingerprint density at radius 1 is 1.29 bits per heavy atom. The number of rotatable bonds is 4. The second-order valence-electron chi connectivity index (χ2n) is 4.17. The summed E-state index contributed by atoms with van der Waals surface area (Å²) in [5.74, 6) is -0.574. The van der Waals surface area contributed by atoms with Crippen molar-refractivity contribution in [1.29, 1.82) is 5.26 Å².